The number of ether oxygens (including phenoxy) is 1. The Morgan fingerprint density at radius 1 is 1.32 bits per heavy atom. The van der Waals surface area contributed by atoms with Gasteiger partial charge >= 0.3 is 0 Å². The first kappa shape index (κ1) is 16.3. The van der Waals surface area contributed by atoms with Crippen LogP contribution in [-0.4, -0.2) is 25.0 Å². The number of nitrogens with zero attached hydrogens (tertiary/aromatic N) is 1. The van der Waals surface area contributed by atoms with E-state index in [1.54, 1.807) is 11.0 Å². The lowest BCUT2D eigenvalue weighted by atomic mass is 10.0. The van der Waals surface area contributed by atoms with Gasteiger partial charge in [-0.2, -0.15) is 0 Å². The standard InChI is InChI=1S/C17H24N2O3/c1-4-9-19-14-8-7-13(10-15(14)22-11-16(19)20)18-17(21)12(5-2)6-3/h7-8,10,12H,4-6,9,11H2,1-3H3,(H,18,21). The highest BCUT2D eigenvalue weighted by Gasteiger charge is 2.25. The van der Waals surface area contributed by atoms with Gasteiger partial charge in [0.15, 0.2) is 6.61 Å². The van der Waals surface area contributed by atoms with Crippen LogP contribution in [0.3, 0.4) is 0 Å². The Morgan fingerprint density at radius 2 is 2.05 bits per heavy atom. The summed E-state index contributed by atoms with van der Waals surface area (Å²) in [6.45, 7) is 6.79. The number of hydrogen-bond acceptors (Lipinski definition) is 3. The zero-order valence-electron chi connectivity index (χ0n) is 13.5. The normalized spacial score (nSPS) is 13.8. The van der Waals surface area contributed by atoms with Crippen LogP contribution in [0, 0.1) is 5.92 Å². The highest BCUT2D eigenvalue weighted by atomic mass is 16.5. The number of nitrogens with one attached hydrogen (secondary N) is 1. The zero-order valence-corrected chi connectivity index (χ0v) is 13.5. The van der Waals surface area contributed by atoms with E-state index in [1.165, 1.54) is 0 Å². The molecule has 1 N–H and O–H groups in total. The van der Waals surface area contributed by atoms with Gasteiger partial charge in [-0.3, -0.25) is 9.59 Å². The maximum Gasteiger partial charge on any atom is 0.265 e. The van der Waals surface area contributed by atoms with Gasteiger partial charge < -0.3 is 15.0 Å². The topological polar surface area (TPSA) is 58.6 Å². The summed E-state index contributed by atoms with van der Waals surface area (Å²) in [6.07, 6.45) is 2.53. The van der Waals surface area contributed by atoms with Crippen molar-refractivity contribution in [2.24, 2.45) is 5.92 Å². The predicted molar refractivity (Wildman–Crippen MR) is 87.3 cm³/mol. The van der Waals surface area contributed by atoms with Gasteiger partial charge in [-0.25, -0.2) is 0 Å². The van der Waals surface area contributed by atoms with Crippen molar-refractivity contribution in [3.63, 3.8) is 0 Å². The summed E-state index contributed by atoms with van der Waals surface area (Å²) in [5.41, 5.74) is 1.49. The number of rotatable bonds is 6. The van der Waals surface area contributed by atoms with E-state index in [1.807, 2.05) is 32.9 Å². The van der Waals surface area contributed by atoms with Crippen LogP contribution >= 0.6 is 0 Å². The van der Waals surface area contributed by atoms with E-state index in [2.05, 4.69) is 5.32 Å². The molecule has 0 saturated heterocycles. The highest BCUT2D eigenvalue weighted by Crippen LogP contribution is 2.34. The lowest BCUT2D eigenvalue weighted by Crippen LogP contribution is -2.39. The van der Waals surface area contributed by atoms with E-state index in [-0.39, 0.29) is 24.3 Å². The molecule has 2 rings (SSSR count). The Balaban J connectivity index is 2.18. The van der Waals surface area contributed by atoms with Crippen LogP contribution in [0.2, 0.25) is 0 Å². The van der Waals surface area contributed by atoms with Crippen molar-refractivity contribution in [1.29, 1.82) is 0 Å². The van der Waals surface area contributed by atoms with Gasteiger partial charge in [0.25, 0.3) is 5.91 Å². The van der Waals surface area contributed by atoms with Gasteiger partial charge in [-0.05, 0) is 31.4 Å². The molecule has 0 atom stereocenters. The van der Waals surface area contributed by atoms with Gasteiger partial charge in [0, 0.05) is 24.2 Å². The van der Waals surface area contributed by atoms with Gasteiger partial charge in [-0.1, -0.05) is 20.8 Å². The smallest absolute Gasteiger partial charge is 0.265 e. The molecule has 0 fully saturated rings. The van der Waals surface area contributed by atoms with Crippen LogP contribution in [-0.2, 0) is 9.59 Å². The molecular weight excluding hydrogens is 280 g/mol. The lowest BCUT2D eigenvalue weighted by Gasteiger charge is -2.29. The van der Waals surface area contributed by atoms with E-state index >= 15 is 0 Å². The third kappa shape index (κ3) is 3.40. The fourth-order valence-electron chi connectivity index (χ4n) is 2.65. The predicted octanol–water partition coefficient (Wildman–Crippen LogP) is 3.20. The van der Waals surface area contributed by atoms with Crippen molar-refractivity contribution in [3.8, 4) is 5.75 Å². The summed E-state index contributed by atoms with van der Waals surface area (Å²) in [6, 6.07) is 5.46. The third-order valence-electron chi connectivity index (χ3n) is 3.97. The van der Waals surface area contributed by atoms with E-state index < -0.39 is 0 Å². The number of benzene rings is 1. The molecule has 1 aromatic carbocycles. The Hall–Kier alpha value is -2.04. The molecule has 2 amide bonds. The molecule has 1 aliphatic heterocycles. The first-order valence-corrected chi connectivity index (χ1v) is 7.98. The minimum absolute atomic E-state index is 0.0233. The minimum atomic E-state index is -0.0248. The van der Waals surface area contributed by atoms with Crippen LogP contribution < -0.4 is 15.0 Å². The van der Waals surface area contributed by atoms with Crippen molar-refractivity contribution in [2.75, 3.05) is 23.4 Å². The van der Waals surface area contributed by atoms with E-state index in [0.717, 1.165) is 24.9 Å². The maximum atomic E-state index is 12.1. The van der Waals surface area contributed by atoms with Gasteiger partial charge in [-0.15, -0.1) is 0 Å². The lowest BCUT2D eigenvalue weighted by molar-refractivity contribution is -0.121. The summed E-state index contributed by atoms with van der Waals surface area (Å²) in [5, 5.41) is 2.93. The van der Waals surface area contributed by atoms with E-state index in [4.69, 9.17) is 4.74 Å². The first-order chi connectivity index (χ1) is 10.6. The number of anilines is 2. The van der Waals surface area contributed by atoms with Gasteiger partial charge in [0.2, 0.25) is 5.91 Å². The highest BCUT2D eigenvalue weighted by molar-refractivity contribution is 5.99. The summed E-state index contributed by atoms with van der Waals surface area (Å²) in [7, 11) is 0. The summed E-state index contributed by atoms with van der Waals surface area (Å²) in [4.78, 5) is 25.8. The first-order valence-electron chi connectivity index (χ1n) is 7.98. The molecule has 1 aromatic rings. The molecular formula is C17H24N2O3. The summed E-state index contributed by atoms with van der Waals surface area (Å²) < 4.78 is 5.51. The number of carbonyl (C=O) groups excluding carboxylic acids is 2. The molecule has 0 aliphatic carbocycles. The van der Waals surface area contributed by atoms with Crippen LogP contribution in [0.4, 0.5) is 11.4 Å². The fourth-order valence-corrected chi connectivity index (χ4v) is 2.65. The average molecular weight is 304 g/mol. The second-order valence-electron chi connectivity index (χ2n) is 5.52. The van der Waals surface area contributed by atoms with Crippen molar-refractivity contribution in [3.05, 3.63) is 18.2 Å². The van der Waals surface area contributed by atoms with Gasteiger partial charge in [0.05, 0.1) is 5.69 Å². The second kappa shape index (κ2) is 7.29. The summed E-state index contributed by atoms with van der Waals surface area (Å²) >= 11 is 0. The fraction of sp³-hybridized carbons (Fsp3) is 0.529. The quantitative estimate of drug-likeness (QED) is 0.878. The third-order valence-corrected chi connectivity index (χ3v) is 3.97. The Kier molecular flexibility index (Phi) is 5.41. The van der Waals surface area contributed by atoms with Crippen LogP contribution in [0.15, 0.2) is 18.2 Å². The van der Waals surface area contributed by atoms with Crippen molar-refractivity contribution >= 4 is 23.2 Å². The molecule has 0 bridgehead atoms. The molecule has 5 heteroatoms. The average Bonchev–Trinajstić information content (AvgIpc) is 2.51. The molecule has 0 spiro atoms. The SMILES string of the molecule is CCCN1C(=O)COc2cc(NC(=O)C(CC)CC)ccc21. The number of carbonyl (C=O) groups is 2. The Labute approximate surface area is 131 Å². The van der Waals surface area contributed by atoms with E-state index in [9.17, 15) is 9.59 Å². The molecule has 0 aromatic heterocycles. The molecule has 22 heavy (non-hydrogen) atoms. The Bertz CT molecular complexity index is 553. The van der Waals surface area contributed by atoms with Crippen molar-refractivity contribution < 1.29 is 14.3 Å². The van der Waals surface area contributed by atoms with Crippen molar-refractivity contribution in [1.82, 2.24) is 0 Å². The van der Waals surface area contributed by atoms with Crippen LogP contribution in [0.5, 0.6) is 5.75 Å². The molecule has 5 nitrogen and oxygen atoms in total. The van der Waals surface area contributed by atoms with Crippen LogP contribution in [0.1, 0.15) is 40.0 Å². The molecule has 0 saturated carbocycles. The molecule has 0 radical (unpaired) electrons. The largest absolute Gasteiger partial charge is 0.481 e. The maximum absolute atomic E-state index is 12.1. The van der Waals surface area contributed by atoms with E-state index in [0.29, 0.717) is 18.0 Å². The molecule has 1 heterocycles. The molecule has 1 aliphatic rings. The summed E-state index contributed by atoms with van der Waals surface area (Å²) in [5.74, 6) is 0.677. The number of fused-ring (bicyclic) bond motifs is 1. The molecule has 0 unspecified atom stereocenters. The zero-order chi connectivity index (χ0) is 16.1. The second-order valence-corrected chi connectivity index (χ2v) is 5.52. The minimum Gasteiger partial charge on any atom is -0.481 e. The number of amides is 2. The van der Waals surface area contributed by atoms with Crippen LogP contribution in [0.25, 0.3) is 0 Å². The van der Waals surface area contributed by atoms with Gasteiger partial charge in [0.1, 0.15) is 5.75 Å². The Morgan fingerprint density at radius 3 is 2.68 bits per heavy atom. The molecule has 120 valence electrons. The number of hydrogen-bond donors (Lipinski definition) is 1. The monoisotopic (exact) mass is 304 g/mol. The van der Waals surface area contributed by atoms with Crippen molar-refractivity contribution in [2.45, 2.75) is 40.0 Å².